The molecule has 0 aromatic heterocycles. The zero-order valence-electron chi connectivity index (χ0n) is 47.6. The van der Waals surface area contributed by atoms with Gasteiger partial charge in [0.2, 0.25) is 30.1 Å². The molecule has 7 aromatic carbocycles. The van der Waals surface area contributed by atoms with Crippen LogP contribution in [0.15, 0.2) is 178 Å². The quantitative estimate of drug-likeness (QED) is 0.0389. The highest BCUT2D eigenvalue weighted by Crippen LogP contribution is 2.60. The Bertz CT molecular complexity index is 3570. The van der Waals surface area contributed by atoms with Gasteiger partial charge in [0, 0.05) is 42.9 Å². The fraction of sp³-hybridized carbons (Fsp3) is 0.288. The highest BCUT2D eigenvalue weighted by atomic mass is 35.5. The Balaban J connectivity index is 0.000000243. The largest absolute Gasteiger partial charge is 0.495 e. The third kappa shape index (κ3) is 18.7. The predicted molar refractivity (Wildman–Crippen MR) is 317 cm³/mol. The minimum absolute atomic E-state index is 0.0157. The Morgan fingerprint density at radius 3 is 1.20 bits per heavy atom. The summed E-state index contributed by atoms with van der Waals surface area (Å²) in [5.74, 6) is 2.55. The first-order chi connectivity index (χ1) is 39.6. The number of rotatable bonds is 25. The summed E-state index contributed by atoms with van der Waals surface area (Å²) in [6.45, 7) is 11.2. The van der Waals surface area contributed by atoms with Crippen molar-refractivity contribution in [2.75, 3.05) is 21.3 Å². The molecule has 0 aliphatic carbocycles. The standard InChI is InChI=1S/C25H27ClF2NO7PS.2C17H21NO4S/c1-17(2)36-22-9-5-4-8-19(22)16-29(38(33,34)24-11-7-6-10-23(24)35-3)15-18-12-13-20(21(26)14-18)25(27,28)37(30,31)32;2*1-13(2)22-15-9-5-4-8-14(15)12-18-23(19,20)17-11-7-6-10-16(17)21-3/h4-14,17H,15-16H2,1-3H3,(H2,30,31,32);2*4-11,13,18H,12H2,1-3H3. The van der Waals surface area contributed by atoms with Crippen molar-refractivity contribution in [2.24, 2.45) is 0 Å². The van der Waals surface area contributed by atoms with E-state index in [1.165, 1.54) is 45.6 Å². The van der Waals surface area contributed by atoms with Crippen LogP contribution in [0.3, 0.4) is 0 Å². The van der Waals surface area contributed by atoms with Gasteiger partial charge >= 0.3 is 13.3 Å². The van der Waals surface area contributed by atoms with Gasteiger partial charge in [-0.1, -0.05) is 115 Å². The van der Waals surface area contributed by atoms with Gasteiger partial charge in [-0.15, -0.1) is 0 Å². The van der Waals surface area contributed by atoms with E-state index in [1.54, 1.807) is 72.8 Å². The van der Waals surface area contributed by atoms with Crippen LogP contribution in [0.5, 0.6) is 34.5 Å². The van der Waals surface area contributed by atoms with Gasteiger partial charge in [-0.05, 0) is 108 Å². The van der Waals surface area contributed by atoms with E-state index in [2.05, 4.69) is 9.44 Å². The molecule has 0 saturated carbocycles. The first kappa shape index (κ1) is 68.2. The summed E-state index contributed by atoms with van der Waals surface area (Å²) in [7, 11) is -13.2. The van der Waals surface area contributed by atoms with Gasteiger partial charge in [0.15, 0.2) is 0 Å². The molecule has 0 atom stereocenters. The van der Waals surface area contributed by atoms with Crippen molar-refractivity contribution in [2.45, 2.75) is 106 Å². The third-order valence-corrected chi connectivity index (χ3v) is 17.7. The molecule has 0 heterocycles. The summed E-state index contributed by atoms with van der Waals surface area (Å²) >= 11 is 5.99. The molecule has 4 N–H and O–H groups in total. The molecule has 0 aliphatic heterocycles. The smallest absolute Gasteiger partial charge is 0.399 e. The number of nitrogens with one attached hydrogen (secondary N) is 2. The van der Waals surface area contributed by atoms with Gasteiger partial charge in [-0.2, -0.15) is 13.1 Å². The van der Waals surface area contributed by atoms with Crippen LogP contribution >= 0.6 is 19.2 Å². The minimum atomic E-state index is -5.85. The maximum absolute atomic E-state index is 14.3. The molecule has 0 fully saturated rings. The zero-order chi connectivity index (χ0) is 62.0. The topological polar surface area (TPSA) is 243 Å². The number of methoxy groups -OCH3 is 3. The second-order valence-corrected chi connectivity index (χ2v) is 26.5. The number of hydrogen-bond acceptors (Lipinski definition) is 13. The van der Waals surface area contributed by atoms with Crippen molar-refractivity contribution in [1.29, 1.82) is 0 Å². The van der Waals surface area contributed by atoms with Crippen molar-refractivity contribution < 1.29 is 76.8 Å². The van der Waals surface area contributed by atoms with Crippen LogP contribution < -0.4 is 37.9 Å². The van der Waals surface area contributed by atoms with E-state index in [4.69, 9.17) is 49.8 Å². The lowest BCUT2D eigenvalue weighted by atomic mass is 10.1. The molecule has 18 nitrogen and oxygen atoms in total. The Morgan fingerprint density at radius 1 is 0.500 bits per heavy atom. The number of ether oxygens (including phenoxy) is 6. The van der Waals surface area contributed by atoms with Crippen molar-refractivity contribution in [3.63, 3.8) is 0 Å². The van der Waals surface area contributed by atoms with E-state index < -0.39 is 53.9 Å². The molecule has 0 spiro atoms. The first-order valence-electron chi connectivity index (χ1n) is 25.9. The van der Waals surface area contributed by atoms with E-state index in [0.717, 1.165) is 33.6 Å². The normalized spacial score (nSPS) is 12.0. The number of hydrogen-bond donors (Lipinski definition) is 4. The predicted octanol–water partition coefficient (Wildman–Crippen LogP) is 11.7. The average molecular weight is 1260 g/mol. The van der Waals surface area contributed by atoms with Crippen LogP contribution in [-0.4, -0.2) is 79.0 Å². The van der Waals surface area contributed by atoms with Gasteiger partial charge in [0.1, 0.15) is 49.2 Å². The fourth-order valence-corrected chi connectivity index (χ4v) is 12.7. The van der Waals surface area contributed by atoms with E-state index in [9.17, 15) is 38.6 Å². The average Bonchev–Trinajstić information content (AvgIpc) is 3.60. The maximum atomic E-state index is 14.3. The molecule has 84 heavy (non-hydrogen) atoms. The van der Waals surface area contributed by atoms with Crippen molar-refractivity contribution in [3.8, 4) is 34.5 Å². The SMILES string of the molecule is COc1ccccc1S(=O)(=O)N(Cc1ccc(C(F)(F)P(=O)(O)O)c(Cl)c1)Cc1ccccc1OC(C)C.COc1ccccc1S(=O)(=O)NCc1ccccc1OC(C)C.COc1ccccc1S(=O)(=O)NCc1ccccc1OC(C)C. The summed E-state index contributed by atoms with van der Waals surface area (Å²) in [6.07, 6.45) is -0.151. The van der Waals surface area contributed by atoms with Crippen LogP contribution in [0, 0.1) is 0 Å². The Labute approximate surface area is 495 Å². The second kappa shape index (κ2) is 30.4. The number of sulfonamides is 3. The molecule has 0 unspecified atom stereocenters. The molecule has 0 bridgehead atoms. The number of alkyl halides is 2. The summed E-state index contributed by atoms with van der Waals surface area (Å²) < 4.78 is 156. The van der Waals surface area contributed by atoms with Crippen LogP contribution in [-0.2, 0) is 66.5 Å². The maximum Gasteiger partial charge on any atom is 0.399 e. The van der Waals surface area contributed by atoms with E-state index in [-0.39, 0.29) is 70.5 Å². The highest BCUT2D eigenvalue weighted by Gasteiger charge is 2.51. The number of nitrogens with zero attached hydrogens (tertiary/aromatic N) is 1. The fourth-order valence-electron chi connectivity index (χ4n) is 7.87. The Kier molecular flexibility index (Phi) is 24.7. The highest BCUT2D eigenvalue weighted by molar-refractivity contribution is 7.90. The van der Waals surface area contributed by atoms with Gasteiger partial charge < -0.3 is 38.2 Å². The Hall–Kier alpha value is -6.63. The van der Waals surface area contributed by atoms with E-state index >= 15 is 0 Å². The van der Waals surface area contributed by atoms with Crippen LogP contribution in [0.2, 0.25) is 5.02 Å². The van der Waals surface area contributed by atoms with Crippen LogP contribution in [0.1, 0.15) is 69.4 Å². The molecule has 0 radical (unpaired) electrons. The zero-order valence-corrected chi connectivity index (χ0v) is 51.7. The van der Waals surface area contributed by atoms with Crippen LogP contribution in [0.4, 0.5) is 8.78 Å². The lowest BCUT2D eigenvalue weighted by Gasteiger charge is -2.25. The summed E-state index contributed by atoms with van der Waals surface area (Å²) in [5, 5.41) is -0.617. The minimum Gasteiger partial charge on any atom is -0.495 e. The van der Waals surface area contributed by atoms with Gasteiger partial charge in [-0.25, -0.2) is 34.7 Å². The monoisotopic (exact) mass is 1260 g/mol. The molecular formula is C59H69ClF2N3O15PS3. The van der Waals surface area contributed by atoms with Crippen molar-refractivity contribution in [3.05, 3.63) is 197 Å². The number of benzene rings is 7. The van der Waals surface area contributed by atoms with Crippen molar-refractivity contribution in [1.82, 2.24) is 13.7 Å². The molecular weight excluding hydrogens is 1190 g/mol. The lowest BCUT2D eigenvalue weighted by molar-refractivity contribution is 0.0565. The van der Waals surface area contributed by atoms with Gasteiger partial charge in [-0.3, -0.25) is 4.57 Å². The van der Waals surface area contributed by atoms with Crippen molar-refractivity contribution >= 4 is 49.3 Å². The van der Waals surface area contributed by atoms with Gasteiger partial charge in [0.05, 0.1) is 50.2 Å². The van der Waals surface area contributed by atoms with E-state index in [0.29, 0.717) is 34.3 Å². The lowest BCUT2D eigenvalue weighted by Crippen LogP contribution is -2.31. The number of para-hydroxylation sites is 6. The van der Waals surface area contributed by atoms with Gasteiger partial charge in [0.25, 0.3) is 0 Å². The third-order valence-electron chi connectivity index (χ3n) is 11.7. The molecule has 25 heteroatoms. The summed E-state index contributed by atoms with van der Waals surface area (Å²) in [6, 6.07) is 43.7. The van der Waals surface area contributed by atoms with Crippen LogP contribution in [0.25, 0.3) is 0 Å². The molecule has 0 aliphatic rings. The molecule has 7 aromatic rings. The summed E-state index contributed by atoms with van der Waals surface area (Å²) in [5.41, 5.74) is -3.26. The molecule has 0 amide bonds. The number of halogens is 3. The molecule has 0 saturated heterocycles. The molecule has 454 valence electrons. The Morgan fingerprint density at radius 2 is 0.833 bits per heavy atom. The first-order valence-corrected chi connectivity index (χ1v) is 32.3. The van der Waals surface area contributed by atoms with E-state index in [1.807, 2.05) is 90.1 Å². The summed E-state index contributed by atoms with van der Waals surface area (Å²) in [4.78, 5) is 18.2. The molecule has 7 rings (SSSR count). The second-order valence-electron chi connectivity index (χ2n) is 19.1.